The maximum atomic E-state index is 4.14. The van der Waals surface area contributed by atoms with E-state index in [9.17, 15) is 0 Å². The van der Waals surface area contributed by atoms with Crippen molar-refractivity contribution in [1.82, 2.24) is 4.98 Å². The molecule has 2 heteroatoms. The molecule has 0 radical (unpaired) electrons. The fourth-order valence-electron chi connectivity index (χ4n) is 0.901. The van der Waals surface area contributed by atoms with Crippen LogP contribution in [0, 0.1) is 0 Å². The van der Waals surface area contributed by atoms with Gasteiger partial charge in [-0.05, 0) is 18.6 Å². The lowest BCUT2D eigenvalue weighted by molar-refractivity contribution is 1.14. The van der Waals surface area contributed by atoms with Gasteiger partial charge in [-0.3, -0.25) is 9.98 Å². The molecule has 12 heavy (non-hydrogen) atoms. The first-order valence-corrected chi connectivity index (χ1v) is 3.94. The SMILES string of the molecule is C=Cc1ccncc1/C=N\CC. The highest BCUT2D eigenvalue weighted by atomic mass is 14.7. The van der Waals surface area contributed by atoms with E-state index in [0.717, 1.165) is 17.7 Å². The predicted molar refractivity (Wildman–Crippen MR) is 52.5 cm³/mol. The van der Waals surface area contributed by atoms with Crippen LogP contribution in [-0.4, -0.2) is 17.7 Å². The number of nitrogens with zero attached hydrogens (tertiary/aromatic N) is 2. The molecule has 0 atom stereocenters. The summed E-state index contributed by atoms with van der Waals surface area (Å²) in [6.07, 6.45) is 7.17. The highest BCUT2D eigenvalue weighted by molar-refractivity contribution is 5.84. The quantitative estimate of drug-likeness (QED) is 0.622. The molecule has 1 aromatic rings. The number of hydrogen-bond donors (Lipinski definition) is 0. The zero-order valence-corrected chi connectivity index (χ0v) is 7.20. The molecule has 2 nitrogen and oxygen atoms in total. The van der Waals surface area contributed by atoms with Gasteiger partial charge in [-0.15, -0.1) is 0 Å². The molecule has 1 rings (SSSR count). The standard InChI is InChI=1S/C10H12N2/c1-3-9-5-6-12-8-10(9)7-11-4-2/h3,5-8H,1,4H2,2H3/b11-7-. The van der Waals surface area contributed by atoms with Crippen LogP contribution in [0.4, 0.5) is 0 Å². The summed E-state index contributed by atoms with van der Waals surface area (Å²) in [5, 5.41) is 0. The molecule has 0 amide bonds. The van der Waals surface area contributed by atoms with Crippen molar-refractivity contribution in [2.45, 2.75) is 6.92 Å². The molecule has 0 aliphatic heterocycles. The van der Waals surface area contributed by atoms with Crippen LogP contribution < -0.4 is 0 Å². The highest BCUT2D eigenvalue weighted by Crippen LogP contribution is 2.04. The van der Waals surface area contributed by atoms with E-state index in [1.165, 1.54) is 0 Å². The topological polar surface area (TPSA) is 25.2 Å². The number of hydrogen-bond acceptors (Lipinski definition) is 2. The van der Waals surface area contributed by atoms with Crippen LogP contribution in [0.1, 0.15) is 18.1 Å². The van der Waals surface area contributed by atoms with Crippen molar-refractivity contribution in [2.24, 2.45) is 4.99 Å². The summed E-state index contributed by atoms with van der Waals surface area (Å²) in [6, 6.07) is 1.92. The maximum absolute atomic E-state index is 4.14. The summed E-state index contributed by atoms with van der Waals surface area (Å²) >= 11 is 0. The maximum Gasteiger partial charge on any atom is 0.0361 e. The Hall–Kier alpha value is -1.44. The monoisotopic (exact) mass is 160 g/mol. The predicted octanol–water partition coefficient (Wildman–Crippen LogP) is 2.16. The molecule has 62 valence electrons. The summed E-state index contributed by atoms with van der Waals surface area (Å²) in [7, 11) is 0. The van der Waals surface area contributed by atoms with E-state index in [0.29, 0.717) is 0 Å². The summed E-state index contributed by atoms with van der Waals surface area (Å²) in [6.45, 7) is 6.51. The molecule has 1 heterocycles. The van der Waals surface area contributed by atoms with Gasteiger partial charge in [0, 0.05) is 30.7 Å². The lowest BCUT2D eigenvalue weighted by Gasteiger charge is -1.96. The lowest BCUT2D eigenvalue weighted by atomic mass is 10.1. The molecule has 0 fully saturated rings. The number of rotatable bonds is 3. The fourth-order valence-corrected chi connectivity index (χ4v) is 0.901. The summed E-state index contributed by atoms with van der Waals surface area (Å²) in [4.78, 5) is 8.15. The Bertz CT molecular complexity index is 290. The van der Waals surface area contributed by atoms with Crippen molar-refractivity contribution >= 4 is 12.3 Å². The first kappa shape index (κ1) is 8.65. The second-order valence-electron chi connectivity index (χ2n) is 2.34. The third-order valence-electron chi connectivity index (χ3n) is 1.52. The van der Waals surface area contributed by atoms with E-state index < -0.39 is 0 Å². The van der Waals surface area contributed by atoms with Crippen molar-refractivity contribution in [3.8, 4) is 0 Å². The van der Waals surface area contributed by atoms with E-state index in [2.05, 4.69) is 16.6 Å². The molecule has 0 saturated carbocycles. The van der Waals surface area contributed by atoms with E-state index in [1.54, 1.807) is 18.5 Å². The van der Waals surface area contributed by atoms with Crippen LogP contribution in [0.25, 0.3) is 6.08 Å². The van der Waals surface area contributed by atoms with Crippen molar-refractivity contribution in [1.29, 1.82) is 0 Å². The third kappa shape index (κ3) is 2.02. The van der Waals surface area contributed by atoms with Gasteiger partial charge in [0.25, 0.3) is 0 Å². The van der Waals surface area contributed by atoms with Crippen molar-refractivity contribution in [3.63, 3.8) is 0 Å². The van der Waals surface area contributed by atoms with Gasteiger partial charge in [-0.2, -0.15) is 0 Å². The number of pyridine rings is 1. The molecule has 0 spiro atoms. The van der Waals surface area contributed by atoms with Gasteiger partial charge >= 0.3 is 0 Å². The second kappa shape index (κ2) is 4.44. The largest absolute Gasteiger partial charge is 0.293 e. The van der Waals surface area contributed by atoms with E-state index in [4.69, 9.17) is 0 Å². The van der Waals surface area contributed by atoms with Crippen LogP contribution in [0.2, 0.25) is 0 Å². The lowest BCUT2D eigenvalue weighted by Crippen LogP contribution is -1.88. The molecule has 0 bridgehead atoms. The summed E-state index contributed by atoms with van der Waals surface area (Å²) < 4.78 is 0. The Morgan fingerprint density at radius 1 is 1.58 bits per heavy atom. The Kier molecular flexibility index (Phi) is 3.20. The molecular formula is C10H12N2. The van der Waals surface area contributed by atoms with E-state index in [-0.39, 0.29) is 0 Å². The molecule has 0 aromatic carbocycles. The molecule has 0 aliphatic carbocycles. The Morgan fingerprint density at radius 3 is 3.08 bits per heavy atom. The average molecular weight is 160 g/mol. The van der Waals surface area contributed by atoms with Gasteiger partial charge < -0.3 is 0 Å². The van der Waals surface area contributed by atoms with Crippen molar-refractivity contribution in [2.75, 3.05) is 6.54 Å². The molecule has 0 aliphatic rings. The van der Waals surface area contributed by atoms with Crippen LogP contribution in [0.15, 0.2) is 30.0 Å². The van der Waals surface area contributed by atoms with Gasteiger partial charge in [0.1, 0.15) is 0 Å². The van der Waals surface area contributed by atoms with Gasteiger partial charge in [0.2, 0.25) is 0 Å². The Balaban J connectivity index is 2.96. The number of aromatic nitrogens is 1. The molecule has 1 aromatic heterocycles. The molecular weight excluding hydrogens is 148 g/mol. The van der Waals surface area contributed by atoms with E-state index >= 15 is 0 Å². The van der Waals surface area contributed by atoms with Crippen LogP contribution >= 0.6 is 0 Å². The van der Waals surface area contributed by atoms with Gasteiger partial charge in [0.15, 0.2) is 0 Å². The minimum absolute atomic E-state index is 0.797. The molecule has 0 N–H and O–H groups in total. The average Bonchev–Trinajstić information content (AvgIpc) is 2.15. The van der Waals surface area contributed by atoms with Crippen molar-refractivity contribution in [3.05, 3.63) is 36.2 Å². The smallest absolute Gasteiger partial charge is 0.0361 e. The minimum atomic E-state index is 0.797. The highest BCUT2D eigenvalue weighted by Gasteiger charge is 1.92. The van der Waals surface area contributed by atoms with E-state index in [1.807, 2.05) is 19.2 Å². The Labute approximate surface area is 72.7 Å². The van der Waals surface area contributed by atoms with Gasteiger partial charge in [0.05, 0.1) is 0 Å². The molecule has 0 unspecified atom stereocenters. The van der Waals surface area contributed by atoms with Crippen molar-refractivity contribution < 1.29 is 0 Å². The second-order valence-corrected chi connectivity index (χ2v) is 2.34. The van der Waals surface area contributed by atoms with Crippen LogP contribution in [0.5, 0.6) is 0 Å². The normalized spacial score (nSPS) is 10.4. The number of aliphatic imine (C=N–C) groups is 1. The zero-order valence-electron chi connectivity index (χ0n) is 7.20. The zero-order chi connectivity index (χ0) is 8.81. The summed E-state index contributed by atoms with van der Waals surface area (Å²) in [5.41, 5.74) is 2.09. The van der Waals surface area contributed by atoms with Gasteiger partial charge in [-0.1, -0.05) is 12.7 Å². The Morgan fingerprint density at radius 2 is 2.42 bits per heavy atom. The molecule has 0 saturated heterocycles. The first-order valence-electron chi connectivity index (χ1n) is 3.94. The third-order valence-corrected chi connectivity index (χ3v) is 1.52. The van der Waals surface area contributed by atoms with Crippen LogP contribution in [0.3, 0.4) is 0 Å². The minimum Gasteiger partial charge on any atom is -0.293 e. The fraction of sp³-hybridized carbons (Fsp3) is 0.200. The first-order chi connectivity index (χ1) is 5.88. The summed E-state index contributed by atoms with van der Waals surface area (Å²) in [5.74, 6) is 0. The van der Waals surface area contributed by atoms with Gasteiger partial charge in [-0.25, -0.2) is 0 Å². The van der Waals surface area contributed by atoms with Crippen LogP contribution in [-0.2, 0) is 0 Å².